The van der Waals surface area contributed by atoms with E-state index in [0.717, 1.165) is 19.4 Å². The molecule has 1 atom stereocenters. The van der Waals surface area contributed by atoms with Gasteiger partial charge in [-0.25, -0.2) is 0 Å². The van der Waals surface area contributed by atoms with Gasteiger partial charge in [-0.3, -0.25) is 4.79 Å². The molecule has 0 bridgehead atoms. The van der Waals surface area contributed by atoms with E-state index in [1.165, 1.54) is 38.5 Å². The minimum atomic E-state index is 0.125. The van der Waals surface area contributed by atoms with Gasteiger partial charge in [0.1, 0.15) is 0 Å². The van der Waals surface area contributed by atoms with Crippen LogP contribution in [-0.2, 0) is 4.79 Å². The van der Waals surface area contributed by atoms with Crippen molar-refractivity contribution in [3.8, 4) is 0 Å². The van der Waals surface area contributed by atoms with Crippen molar-refractivity contribution < 1.29 is 4.79 Å². The molecule has 96 valence electrons. The monoisotopic (exact) mass is 236 g/mol. The maximum absolute atomic E-state index is 12.6. The lowest BCUT2D eigenvalue weighted by Gasteiger charge is -2.52. The fraction of sp³-hybridized carbons (Fsp3) is 0.929. The average Bonchev–Trinajstić information content (AvgIpc) is 3.06. The van der Waals surface area contributed by atoms with Gasteiger partial charge in [0.2, 0.25) is 5.91 Å². The molecule has 0 radical (unpaired) electrons. The van der Waals surface area contributed by atoms with Crippen molar-refractivity contribution in [2.45, 2.75) is 75.9 Å². The molecule has 3 nitrogen and oxygen atoms in total. The fourth-order valence-corrected chi connectivity index (χ4v) is 3.43. The van der Waals surface area contributed by atoms with Gasteiger partial charge in [-0.1, -0.05) is 6.92 Å². The maximum Gasteiger partial charge on any atom is 0.240 e. The molecule has 3 fully saturated rings. The molecular formula is C14H24N2O. The molecule has 2 aliphatic carbocycles. The molecule has 2 saturated carbocycles. The van der Waals surface area contributed by atoms with Crippen LogP contribution in [0.3, 0.4) is 0 Å². The summed E-state index contributed by atoms with van der Waals surface area (Å²) in [5, 5.41) is 3.53. The van der Waals surface area contributed by atoms with Gasteiger partial charge in [0.15, 0.2) is 0 Å². The molecule has 1 saturated heterocycles. The van der Waals surface area contributed by atoms with Crippen LogP contribution in [0.1, 0.15) is 58.3 Å². The first kappa shape index (κ1) is 11.5. The number of carbonyl (C=O) groups excluding carboxylic acids is 1. The number of piperidine rings is 1. The first-order chi connectivity index (χ1) is 8.25. The maximum atomic E-state index is 12.6. The number of hydrogen-bond donors (Lipinski definition) is 1. The Labute approximate surface area is 104 Å². The van der Waals surface area contributed by atoms with Crippen molar-refractivity contribution in [2.75, 3.05) is 6.54 Å². The summed E-state index contributed by atoms with van der Waals surface area (Å²) < 4.78 is 0. The Kier molecular flexibility index (Phi) is 2.89. The van der Waals surface area contributed by atoms with Crippen molar-refractivity contribution in [2.24, 2.45) is 0 Å². The molecule has 17 heavy (non-hydrogen) atoms. The zero-order chi connectivity index (χ0) is 11.9. The average molecular weight is 236 g/mol. The number of carbonyl (C=O) groups is 1. The van der Waals surface area contributed by atoms with Crippen LogP contribution in [0.5, 0.6) is 0 Å². The summed E-state index contributed by atoms with van der Waals surface area (Å²) >= 11 is 0. The van der Waals surface area contributed by atoms with Gasteiger partial charge >= 0.3 is 0 Å². The summed E-state index contributed by atoms with van der Waals surface area (Å²) in [6.07, 6.45) is 9.65. The highest BCUT2D eigenvalue weighted by atomic mass is 16.2. The number of amides is 1. The first-order valence-electron chi connectivity index (χ1n) is 7.33. The molecule has 3 heteroatoms. The van der Waals surface area contributed by atoms with Gasteiger partial charge in [0.25, 0.3) is 0 Å². The lowest BCUT2D eigenvalue weighted by Crippen LogP contribution is -2.62. The highest BCUT2D eigenvalue weighted by Gasteiger charge is 2.46. The first-order valence-corrected chi connectivity index (χ1v) is 7.33. The molecule has 0 aromatic heterocycles. The minimum Gasteiger partial charge on any atom is -0.336 e. The quantitative estimate of drug-likeness (QED) is 0.810. The van der Waals surface area contributed by atoms with E-state index in [1.54, 1.807) is 0 Å². The van der Waals surface area contributed by atoms with E-state index in [9.17, 15) is 4.79 Å². The smallest absolute Gasteiger partial charge is 0.240 e. The van der Waals surface area contributed by atoms with Crippen LogP contribution in [0, 0.1) is 0 Å². The highest BCUT2D eigenvalue weighted by molar-refractivity contribution is 5.83. The second kappa shape index (κ2) is 4.27. The third-order valence-electron chi connectivity index (χ3n) is 4.97. The van der Waals surface area contributed by atoms with E-state index >= 15 is 0 Å². The second-order valence-corrected chi connectivity index (χ2v) is 6.06. The lowest BCUT2D eigenvalue weighted by atomic mass is 9.72. The summed E-state index contributed by atoms with van der Waals surface area (Å²) in [5.41, 5.74) is 0.237. The molecule has 1 N–H and O–H groups in total. The number of nitrogens with one attached hydrogen (secondary N) is 1. The fourth-order valence-electron chi connectivity index (χ4n) is 3.43. The Bertz CT molecular complexity index is 302. The van der Waals surface area contributed by atoms with Crippen molar-refractivity contribution >= 4 is 5.91 Å². The highest BCUT2D eigenvalue weighted by Crippen LogP contribution is 2.42. The van der Waals surface area contributed by atoms with Crippen LogP contribution >= 0.6 is 0 Å². The standard InChI is InChI=1S/C14H24N2O/c1-2-14(8-4-9-14)16-10-3-5-12(13(16)17)15-11-6-7-11/h11-12,15H,2-10H2,1H3. The van der Waals surface area contributed by atoms with Gasteiger partial charge < -0.3 is 10.2 Å². The van der Waals surface area contributed by atoms with E-state index in [1.807, 2.05) is 0 Å². The Morgan fingerprint density at radius 1 is 1.29 bits per heavy atom. The Hall–Kier alpha value is -0.570. The van der Waals surface area contributed by atoms with Crippen LogP contribution < -0.4 is 5.32 Å². The summed E-state index contributed by atoms with van der Waals surface area (Å²) in [7, 11) is 0. The molecule has 1 amide bonds. The molecule has 1 unspecified atom stereocenters. The van der Waals surface area contributed by atoms with Crippen molar-refractivity contribution in [1.82, 2.24) is 10.2 Å². The number of hydrogen-bond acceptors (Lipinski definition) is 2. The molecular weight excluding hydrogens is 212 g/mol. The number of likely N-dealkylation sites (tertiary alicyclic amines) is 1. The third-order valence-corrected chi connectivity index (χ3v) is 4.97. The van der Waals surface area contributed by atoms with Gasteiger partial charge in [0.05, 0.1) is 6.04 Å². The molecule has 1 aliphatic heterocycles. The van der Waals surface area contributed by atoms with Gasteiger partial charge in [0, 0.05) is 18.1 Å². The predicted octanol–water partition coefficient (Wildman–Crippen LogP) is 2.06. The number of nitrogens with zero attached hydrogens (tertiary/aromatic N) is 1. The van der Waals surface area contributed by atoms with Gasteiger partial charge in [-0.15, -0.1) is 0 Å². The molecule has 1 heterocycles. The molecule has 0 aromatic carbocycles. The van der Waals surface area contributed by atoms with Crippen LogP contribution in [0.4, 0.5) is 0 Å². The van der Waals surface area contributed by atoms with Gasteiger partial charge in [-0.2, -0.15) is 0 Å². The lowest BCUT2D eigenvalue weighted by molar-refractivity contribution is -0.148. The van der Waals surface area contributed by atoms with E-state index in [-0.39, 0.29) is 11.6 Å². The van der Waals surface area contributed by atoms with Gasteiger partial charge in [-0.05, 0) is 51.4 Å². The summed E-state index contributed by atoms with van der Waals surface area (Å²) in [6.45, 7) is 3.24. The van der Waals surface area contributed by atoms with E-state index in [4.69, 9.17) is 0 Å². The zero-order valence-electron chi connectivity index (χ0n) is 10.9. The van der Waals surface area contributed by atoms with Crippen LogP contribution in [0.25, 0.3) is 0 Å². The number of rotatable bonds is 4. The second-order valence-electron chi connectivity index (χ2n) is 6.06. The van der Waals surface area contributed by atoms with Crippen molar-refractivity contribution in [3.05, 3.63) is 0 Å². The Morgan fingerprint density at radius 2 is 2.06 bits per heavy atom. The van der Waals surface area contributed by atoms with Crippen LogP contribution in [-0.4, -0.2) is 35.0 Å². The van der Waals surface area contributed by atoms with Crippen molar-refractivity contribution in [3.63, 3.8) is 0 Å². The Morgan fingerprint density at radius 3 is 2.59 bits per heavy atom. The summed E-state index contributed by atoms with van der Waals surface area (Å²) in [6, 6.07) is 0.767. The summed E-state index contributed by atoms with van der Waals surface area (Å²) in [4.78, 5) is 14.8. The van der Waals surface area contributed by atoms with E-state index < -0.39 is 0 Å². The van der Waals surface area contributed by atoms with Crippen molar-refractivity contribution in [1.29, 1.82) is 0 Å². The third kappa shape index (κ3) is 1.99. The van der Waals surface area contributed by atoms with Crippen LogP contribution in [0.2, 0.25) is 0 Å². The molecule has 0 spiro atoms. The van der Waals surface area contributed by atoms with E-state index in [0.29, 0.717) is 11.9 Å². The minimum absolute atomic E-state index is 0.125. The normalized spacial score (nSPS) is 32.4. The molecule has 0 aromatic rings. The summed E-state index contributed by atoms with van der Waals surface area (Å²) in [5.74, 6) is 0.393. The predicted molar refractivity (Wildman–Crippen MR) is 67.8 cm³/mol. The van der Waals surface area contributed by atoms with Crippen LogP contribution in [0.15, 0.2) is 0 Å². The van der Waals surface area contributed by atoms with E-state index in [2.05, 4.69) is 17.1 Å². The largest absolute Gasteiger partial charge is 0.336 e. The molecule has 3 aliphatic rings. The Balaban J connectivity index is 1.69. The zero-order valence-corrected chi connectivity index (χ0v) is 10.9. The SMILES string of the molecule is CCC1(N2CCCC(NC3CC3)C2=O)CCC1. The topological polar surface area (TPSA) is 32.3 Å². The molecule has 3 rings (SSSR count).